The third-order valence-corrected chi connectivity index (χ3v) is 0.345. The minimum absolute atomic E-state index is 0. The van der Waals surface area contributed by atoms with E-state index in [4.69, 9.17) is 14.7 Å². The molecule has 0 N–H and O–H groups in total. The van der Waals surface area contributed by atoms with E-state index < -0.39 is 0 Å². The van der Waals surface area contributed by atoms with Gasteiger partial charge >= 0.3 is 17.1 Å². The monoisotopic (exact) mass is 281 g/mol. The van der Waals surface area contributed by atoms with E-state index in [-0.39, 0.29) is 32.6 Å². The maximum Gasteiger partial charge on any atom is 3.00 e. The SMILES string of the molecule is CN([O-])N=O.CN([O-])N=O.CN([O-])N=O.[Fe+3]. The van der Waals surface area contributed by atoms with Gasteiger partial charge in [0.05, 0.1) is 0 Å². The third kappa shape index (κ3) is 80.1. The quantitative estimate of drug-likeness (QED) is 0.400. The summed E-state index contributed by atoms with van der Waals surface area (Å²) >= 11 is 0. The summed E-state index contributed by atoms with van der Waals surface area (Å²) in [6.07, 6.45) is 0. The molecule has 0 aliphatic heterocycles. The number of hydrogen-bond acceptors (Lipinski definition) is 9. The molecular formula is C3H9FeN6O6. The molecule has 0 bridgehead atoms. The molecule has 13 heteroatoms. The number of hydroxylamine groups is 3. The van der Waals surface area contributed by atoms with Crippen molar-refractivity contribution in [2.24, 2.45) is 15.9 Å². The van der Waals surface area contributed by atoms with Crippen LogP contribution in [0.3, 0.4) is 0 Å². The van der Waals surface area contributed by atoms with E-state index in [1.54, 1.807) is 0 Å². The van der Waals surface area contributed by atoms with Gasteiger partial charge in [-0.2, -0.15) is 0 Å². The summed E-state index contributed by atoms with van der Waals surface area (Å²) < 4.78 is 0. The molecule has 0 aliphatic carbocycles. The minimum atomic E-state index is -0.0556. The van der Waals surface area contributed by atoms with Crippen LogP contribution in [-0.4, -0.2) is 36.7 Å². The Morgan fingerprint density at radius 3 is 0.750 bits per heavy atom. The Bertz CT molecular complexity index is 138. The Morgan fingerprint density at radius 2 is 0.750 bits per heavy atom. The first kappa shape index (κ1) is 24.0. The molecule has 1 radical (unpaired) electrons. The van der Waals surface area contributed by atoms with Gasteiger partial charge in [-0.25, -0.2) is 0 Å². The first-order chi connectivity index (χ1) is 6.81. The summed E-state index contributed by atoms with van der Waals surface area (Å²) in [5, 5.41) is 33.3. The zero-order valence-electron chi connectivity index (χ0n) is 8.49. The average Bonchev–Trinajstić information content (AvgIpc) is 2.19. The molecule has 0 aliphatic rings. The summed E-state index contributed by atoms with van der Waals surface area (Å²) in [7, 11) is 3.06. The molecule has 0 saturated carbocycles. The van der Waals surface area contributed by atoms with Gasteiger partial charge in [0.15, 0.2) is 0 Å². The van der Waals surface area contributed by atoms with E-state index in [2.05, 4.69) is 0 Å². The number of rotatable bonds is 3. The van der Waals surface area contributed by atoms with Crippen molar-refractivity contribution in [1.82, 2.24) is 15.5 Å². The van der Waals surface area contributed by atoms with E-state index in [9.17, 15) is 15.6 Å². The number of hydrogen-bond donors (Lipinski definition) is 0. The van der Waals surface area contributed by atoms with Crippen molar-refractivity contribution in [3.8, 4) is 0 Å². The van der Waals surface area contributed by atoms with Crippen molar-refractivity contribution in [3.05, 3.63) is 30.3 Å². The fourth-order valence-electron chi connectivity index (χ4n) is 0. The number of nitroso groups, excluding NO2 is 3. The van der Waals surface area contributed by atoms with Gasteiger partial charge in [-0.05, 0) is 0 Å². The second-order valence-electron chi connectivity index (χ2n) is 1.64. The molecule has 0 unspecified atom stereocenters. The third-order valence-electron chi connectivity index (χ3n) is 0.345. The fourth-order valence-corrected chi connectivity index (χ4v) is 0. The predicted molar refractivity (Wildman–Crippen MR) is 50.8 cm³/mol. The van der Waals surface area contributed by atoms with E-state index in [1.165, 1.54) is 0 Å². The molecule has 0 rings (SSSR count). The van der Waals surface area contributed by atoms with E-state index in [1.807, 2.05) is 15.9 Å². The summed E-state index contributed by atoms with van der Waals surface area (Å²) in [4.78, 5) is 26.6. The van der Waals surface area contributed by atoms with Gasteiger partial charge in [0, 0.05) is 37.0 Å². The second-order valence-corrected chi connectivity index (χ2v) is 1.64. The van der Waals surface area contributed by atoms with Gasteiger partial charge in [-0.3, -0.25) is 0 Å². The van der Waals surface area contributed by atoms with Crippen molar-refractivity contribution in [1.29, 1.82) is 0 Å². The summed E-state index contributed by atoms with van der Waals surface area (Å²) in [6.45, 7) is 0. The van der Waals surface area contributed by atoms with Crippen LogP contribution in [0.2, 0.25) is 0 Å². The van der Waals surface area contributed by atoms with Gasteiger partial charge in [0.25, 0.3) is 0 Å². The van der Waals surface area contributed by atoms with Crippen molar-refractivity contribution in [2.45, 2.75) is 0 Å². The van der Waals surface area contributed by atoms with Gasteiger partial charge in [-0.1, -0.05) is 0 Å². The molecule has 95 valence electrons. The van der Waals surface area contributed by atoms with Crippen LogP contribution in [0.15, 0.2) is 15.9 Å². The first-order valence-corrected chi connectivity index (χ1v) is 3.04. The van der Waals surface area contributed by atoms with Crippen LogP contribution < -0.4 is 0 Å². The van der Waals surface area contributed by atoms with Crippen LogP contribution in [0.25, 0.3) is 0 Å². The zero-order chi connectivity index (χ0) is 12.9. The molecule has 0 atom stereocenters. The fraction of sp³-hybridized carbons (Fsp3) is 1.00. The minimum Gasteiger partial charge on any atom is -0.740 e. The van der Waals surface area contributed by atoms with E-state index >= 15 is 0 Å². The topological polar surface area (TPSA) is 167 Å². The molecular weight excluding hydrogens is 272 g/mol. The zero-order valence-corrected chi connectivity index (χ0v) is 9.59. The summed E-state index contributed by atoms with van der Waals surface area (Å²) in [5.41, 5.74) is 0. The van der Waals surface area contributed by atoms with Gasteiger partial charge < -0.3 is 31.1 Å². The molecule has 0 aromatic carbocycles. The van der Waals surface area contributed by atoms with Gasteiger partial charge in [0.2, 0.25) is 0 Å². The Labute approximate surface area is 101 Å². The van der Waals surface area contributed by atoms with Gasteiger partial charge in [-0.15, -0.1) is 14.7 Å². The van der Waals surface area contributed by atoms with E-state index in [0.717, 1.165) is 21.1 Å². The predicted octanol–water partition coefficient (Wildman–Crippen LogP) is 0.290. The van der Waals surface area contributed by atoms with Crippen molar-refractivity contribution in [2.75, 3.05) is 21.1 Å². The first-order valence-electron chi connectivity index (χ1n) is 3.04. The number of nitrogens with zero attached hydrogens (tertiary/aromatic N) is 6. The smallest absolute Gasteiger partial charge is 0.740 e. The molecule has 12 nitrogen and oxygen atoms in total. The molecule has 0 saturated heterocycles. The van der Waals surface area contributed by atoms with Gasteiger partial charge in [0.1, 0.15) is 0 Å². The van der Waals surface area contributed by atoms with Crippen molar-refractivity contribution in [3.63, 3.8) is 0 Å². The average molecular weight is 281 g/mol. The maximum atomic E-state index is 9.25. The molecule has 0 heterocycles. The maximum absolute atomic E-state index is 9.25. The van der Waals surface area contributed by atoms with Crippen molar-refractivity contribution >= 4 is 0 Å². The van der Waals surface area contributed by atoms with Crippen LogP contribution in [0.1, 0.15) is 0 Å². The molecule has 0 aromatic rings. The summed E-state index contributed by atoms with van der Waals surface area (Å²) in [6, 6.07) is 0. The molecule has 0 amide bonds. The summed E-state index contributed by atoms with van der Waals surface area (Å²) in [5.74, 6) is 0. The molecule has 16 heavy (non-hydrogen) atoms. The standard InChI is InChI=1S/3CH3N2O2.Fe/c3*1-3(5)2-4;/h3*1H3;/q3*-1;+3. The van der Waals surface area contributed by atoms with E-state index in [0.29, 0.717) is 0 Å². The largest absolute Gasteiger partial charge is 3.00 e. The molecule has 0 fully saturated rings. The molecule has 0 spiro atoms. The van der Waals surface area contributed by atoms with Crippen LogP contribution in [0.4, 0.5) is 0 Å². The Hall–Kier alpha value is -1.40. The van der Waals surface area contributed by atoms with Crippen LogP contribution >= 0.6 is 0 Å². The van der Waals surface area contributed by atoms with Crippen LogP contribution in [0, 0.1) is 30.3 Å². The Balaban J connectivity index is -0.0000000655. The van der Waals surface area contributed by atoms with Crippen LogP contribution in [-0.2, 0) is 17.1 Å². The van der Waals surface area contributed by atoms with Crippen molar-refractivity contribution < 1.29 is 17.1 Å². The molecule has 0 aromatic heterocycles. The normalized spacial score (nSPS) is 6.38. The second kappa shape index (κ2) is 19.2. The Morgan fingerprint density at radius 1 is 0.688 bits per heavy atom. The Kier molecular flexibility index (Phi) is 28.9. The van der Waals surface area contributed by atoms with Crippen LogP contribution in [0.5, 0.6) is 0 Å².